The average Bonchev–Trinajstić information content (AvgIpc) is 2.35. The molecule has 0 radical (unpaired) electrons. The fraction of sp³-hybridized carbons (Fsp3) is 0.538. The minimum atomic E-state index is -0.783. The van der Waals surface area contributed by atoms with E-state index in [1.165, 1.54) is 12.1 Å². The van der Waals surface area contributed by atoms with Gasteiger partial charge in [0.2, 0.25) is 5.82 Å². The number of nitrogens with zero attached hydrogens (tertiary/aromatic N) is 1. The molecule has 0 unspecified atom stereocenters. The molecule has 100 valence electrons. The molecule has 18 heavy (non-hydrogen) atoms. The molecule has 0 spiro atoms. The maximum atomic E-state index is 13.4. The van der Waals surface area contributed by atoms with Crippen molar-refractivity contribution in [3.63, 3.8) is 0 Å². The molecule has 0 amide bonds. The number of hydrogen-bond acceptors (Lipinski definition) is 3. The lowest BCUT2D eigenvalue weighted by molar-refractivity contribution is -0.387. The average molecular weight is 254 g/mol. The summed E-state index contributed by atoms with van der Waals surface area (Å²) < 4.78 is 13.4. The summed E-state index contributed by atoms with van der Waals surface area (Å²) in [6.07, 6.45) is 1.94. The zero-order valence-electron chi connectivity index (χ0n) is 11.0. The molecule has 0 saturated heterocycles. The molecule has 1 N–H and O–H groups in total. The van der Waals surface area contributed by atoms with Crippen molar-refractivity contribution in [2.45, 2.75) is 45.7 Å². The van der Waals surface area contributed by atoms with Crippen LogP contribution in [-0.4, -0.2) is 10.5 Å². The van der Waals surface area contributed by atoms with Gasteiger partial charge in [0.1, 0.15) is 0 Å². The third kappa shape index (κ3) is 3.50. The molecule has 0 aromatic heterocycles. The third-order valence-corrected chi connectivity index (χ3v) is 3.49. The summed E-state index contributed by atoms with van der Waals surface area (Å²) in [5.41, 5.74) is 0.247. The first-order valence-electron chi connectivity index (χ1n) is 6.09. The van der Waals surface area contributed by atoms with E-state index in [0.717, 1.165) is 12.8 Å². The summed E-state index contributed by atoms with van der Waals surface area (Å²) in [4.78, 5) is 9.78. The van der Waals surface area contributed by atoms with Crippen LogP contribution in [0.2, 0.25) is 0 Å². The van der Waals surface area contributed by atoms with Crippen LogP contribution < -0.4 is 5.32 Å². The number of halogens is 1. The van der Waals surface area contributed by atoms with Gasteiger partial charge in [0.25, 0.3) is 0 Å². The van der Waals surface area contributed by atoms with E-state index in [2.05, 4.69) is 26.1 Å². The molecule has 0 fully saturated rings. The van der Waals surface area contributed by atoms with Gasteiger partial charge in [-0.3, -0.25) is 10.1 Å². The Kier molecular flexibility index (Phi) is 4.78. The Morgan fingerprint density at radius 3 is 2.44 bits per heavy atom. The lowest BCUT2D eigenvalue weighted by Gasteiger charge is -2.28. The van der Waals surface area contributed by atoms with Gasteiger partial charge in [-0.05, 0) is 31.4 Å². The van der Waals surface area contributed by atoms with Crippen LogP contribution in [0, 0.1) is 15.9 Å². The molecule has 0 aliphatic carbocycles. The van der Waals surface area contributed by atoms with Crippen LogP contribution in [0.3, 0.4) is 0 Å². The Morgan fingerprint density at radius 2 is 2.00 bits per heavy atom. The fourth-order valence-electron chi connectivity index (χ4n) is 1.62. The van der Waals surface area contributed by atoms with Crippen LogP contribution in [-0.2, 0) is 6.54 Å². The van der Waals surface area contributed by atoms with Gasteiger partial charge in [0.15, 0.2) is 0 Å². The van der Waals surface area contributed by atoms with Crippen molar-refractivity contribution in [3.05, 3.63) is 39.7 Å². The van der Waals surface area contributed by atoms with Crippen molar-refractivity contribution < 1.29 is 9.31 Å². The summed E-state index contributed by atoms with van der Waals surface area (Å²) in [5.74, 6) is -0.783. The highest BCUT2D eigenvalue weighted by atomic mass is 19.1. The number of hydrogen-bond donors (Lipinski definition) is 1. The minimum absolute atomic E-state index is 0.0122. The first-order chi connectivity index (χ1) is 8.41. The second kappa shape index (κ2) is 5.91. The van der Waals surface area contributed by atoms with Gasteiger partial charge in [0, 0.05) is 18.2 Å². The molecule has 0 saturated carbocycles. The van der Waals surface area contributed by atoms with Gasteiger partial charge in [0.05, 0.1) is 4.92 Å². The standard InChI is InChI=1S/C13H19FN2O2/c1-4-13(3,5-2)15-9-10-6-7-12(16(17)18)11(14)8-10/h6-8,15H,4-5,9H2,1-3H3. The molecule has 5 heteroatoms. The molecular formula is C13H19FN2O2. The smallest absolute Gasteiger partial charge is 0.304 e. The Labute approximate surface area is 106 Å². The normalized spacial score (nSPS) is 11.6. The van der Waals surface area contributed by atoms with Gasteiger partial charge >= 0.3 is 5.69 Å². The molecule has 0 heterocycles. The number of rotatable bonds is 6. The molecule has 1 aromatic carbocycles. The molecule has 1 aromatic rings. The molecule has 4 nitrogen and oxygen atoms in total. The van der Waals surface area contributed by atoms with Crippen LogP contribution in [0.25, 0.3) is 0 Å². The van der Waals surface area contributed by atoms with E-state index < -0.39 is 16.4 Å². The van der Waals surface area contributed by atoms with E-state index in [4.69, 9.17) is 0 Å². The Hall–Kier alpha value is -1.49. The van der Waals surface area contributed by atoms with Gasteiger partial charge in [-0.25, -0.2) is 0 Å². The van der Waals surface area contributed by atoms with E-state index >= 15 is 0 Å². The number of nitro benzene ring substituents is 1. The molecule has 0 aliphatic rings. The molecule has 0 atom stereocenters. The minimum Gasteiger partial charge on any atom is -0.307 e. The zero-order valence-corrected chi connectivity index (χ0v) is 11.0. The first-order valence-corrected chi connectivity index (χ1v) is 6.09. The van der Waals surface area contributed by atoms with Crippen molar-refractivity contribution in [1.29, 1.82) is 0 Å². The topological polar surface area (TPSA) is 55.2 Å². The second-order valence-electron chi connectivity index (χ2n) is 4.66. The quantitative estimate of drug-likeness (QED) is 0.625. The first kappa shape index (κ1) is 14.6. The third-order valence-electron chi connectivity index (χ3n) is 3.49. The highest BCUT2D eigenvalue weighted by molar-refractivity contribution is 5.35. The fourth-order valence-corrected chi connectivity index (χ4v) is 1.62. The van der Waals surface area contributed by atoms with E-state index in [9.17, 15) is 14.5 Å². The van der Waals surface area contributed by atoms with E-state index in [1.807, 2.05) is 0 Å². The second-order valence-corrected chi connectivity index (χ2v) is 4.66. The predicted octanol–water partition coefficient (Wildman–Crippen LogP) is 3.40. The summed E-state index contributed by atoms with van der Waals surface area (Å²) >= 11 is 0. The van der Waals surface area contributed by atoms with Crippen molar-refractivity contribution >= 4 is 5.69 Å². The van der Waals surface area contributed by atoms with Crippen LogP contribution in [0.5, 0.6) is 0 Å². The van der Waals surface area contributed by atoms with Crippen LogP contribution in [0.1, 0.15) is 39.2 Å². The molecule has 0 bridgehead atoms. The zero-order chi connectivity index (χ0) is 13.8. The summed E-state index contributed by atoms with van der Waals surface area (Å²) in [5, 5.41) is 13.8. The Morgan fingerprint density at radius 1 is 1.39 bits per heavy atom. The largest absolute Gasteiger partial charge is 0.307 e. The Bertz CT molecular complexity index is 431. The van der Waals surface area contributed by atoms with E-state index in [0.29, 0.717) is 12.1 Å². The predicted molar refractivity (Wildman–Crippen MR) is 68.9 cm³/mol. The van der Waals surface area contributed by atoms with E-state index in [1.54, 1.807) is 6.07 Å². The summed E-state index contributed by atoms with van der Waals surface area (Å²) in [7, 11) is 0. The summed E-state index contributed by atoms with van der Waals surface area (Å²) in [6.45, 7) is 6.79. The van der Waals surface area contributed by atoms with Crippen molar-refractivity contribution in [1.82, 2.24) is 5.32 Å². The van der Waals surface area contributed by atoms with Crippen molar-refractivity contribution in [2.75, 3.05) is 0 Å². The number of benzene rings is 1. The number of nitro groups is 1. The lowest BCUT2D eigenvalue weighted by Crippen LogP contribution is -2.40. The van der Waals surface area contributed by atoms with Crippen LogP contribution in [0.4, 0.5) is 10.1 Å². The molecule has 1 rings (SSSR count). The monoisotopic (exact) mass is 254 g/mol. The van der Waals surface area contributed by atoms with Crippen LogP contribution in [0.15, 0.2) is 18.2 Å². The van der Waals surface area contributed by atoms with Gasteiger partial charge in [-0.2, -0.15) is 4.39 Å². The maximum Gasteiger partial charge on any atom is 0.304 e. The van der Waals surface area contributed by atoms with Gasteiger partial charge < -0.3 is 5.32 Å². The highest BCUT2D eigenvalue weighted by Gasteiger charge is 2.19. The van der Waals surface area contributed by atoms with Crippen LogP contribution >= 0.6 is 0 Å². The highest BCUT2D eigenvalue weighted by Crippen LogP contribution is 2.19. The summed E-state index contributed by atoms with van der Waals surface area (Å²) in [6, 6.07) is 4.01. The number of nitrogens with one attached hydrogen (secondary N) is 1. The van der Waals surface area contributed by atoms with Crippen molar-refractivity contribution in [2.24, 2.45) is 0 Å². The van der Waals surface area contributed by atoms with Gasteiger partial charge in [-0.15, -0.1) is 0 Å². The van der Waals surface area contributed by atoms with Gasteiger partial charge in [-0.1, -0.05) is 19.9 Å². The Balaban J connectivity index is 2.75. The SMILES string of the molecule is CCC(C)(CC)NCc1ccc([N+](=O)[O-])c(F)c1. The lowest BCUT2D eigenvalue weighted by atomic mass is 9.95. The molecular weight excluding hydrogens is 235 g/mol. The maximum absolute atomic E-state index is 13.4. The van der Waals surface area contributed by atoms with Crippen molar-refractivity contribution in [3.8, 4) is 0 Å². The molecule has 0 aliphatic heterocycles. The van der Waals surface area contributed by atoms with E-state index in [-0.39, 0.29) is 5.54 Å².